The average Bonchev–Trinajstić information content (AvgIpc) is 2.71. The van der Waals surface area contributed by atoms with Crippen LogP contribution in [0, 0.1) is 13.8 Å². The second-order valence-corrected chi connectivity index (χ2v) is 7.99. The fourth-order valence-electron chi connectivity index (χ4n) is 3.82. The molecule has 2 aromatic carbocycles. The summed E-state index contributed by atoms with van der Waals surface area (Å²) in [6.45, 7) is 7.67. The number of hydrogen-bond acceptors (Lipinski definition) is 3. The third-order valence-corrected chi connectivity index (χ3v) is 5.55. The number of anilines is 1. The van der Waals surface area contributed by atoms with E-state index in [2.05, 4.69) is 23.6 Å². The summed E-state index contributed by atoms with van der Waals surface area (Å²) in [5, 5.41) is 6.11. The summed E-state index contributed by atoms with van der Waals surface area (Å²) in [4.78, 5) is 27.0. The van der Waals surface area contributed by atoms with Crippen molar-refractivity contribution in [2.75, 3.05) is 18.4 Å². The van der Waals surface area contributed by atoms with E-state index >= 15 is 0 Å². The van der Waals surface area contributed by atoms with Gasteiger partial charge in [-0.25, -0.2) is 0 Å². The van der Waals surface area contributed by atoms with E-state index in [1.54, 1.807) is 0 Å². The zero-order valence-electron chi connectivity index (χ0n) is 17.6. The predicted molar refractivity (Wildman–Crippen MR) is 117 cm³/mol. The molecule has 5 nitrogen and oxygen atoms in total. The van der Waals surface area contributed by atoms with Crippen molar-refractivity contribution in [3.63, 3.8) is 0 Å². The maximum absolute atomic E-state index is 12.8. The Morgan fingerprint density at radius 1 is 1.10 bits per heavy atom. The number of aryl methyl sites for hydroxylation is 2. The highest BCUT2D eigenvalue weighted by Crippen LogP contribution is 2.22. The molecule has 29 heavy (non-hydrogen) atoms. The first kappa shape index (κ1) is 20.9. The number of rotatable bonds is 6. The first-order valence-corrected chi connectivity index (χ1v) is 10.4. The molecule has 0 spiro atoms. The Morgan fingerprint density at radius 3 is 2.66 bits per heavy atom. The van der Waals surface area contributed by atoms with Gasteiger partial charge < -0.3 is 15.5 Å². The standard InChI is InChI=1S/C24H31N3O2/c1-17-7-6-9-20(13-17)15-26-23(28)16-25-22-11-10-21(14-18(22)2)24(29)27-12-5-4-8-19(27)3/h6-7,9-11,13-14,19,25H,4-5,8,12,15-16H2,1-3H3,(H,26,28). The van der Waals surface area contributed by atoms with Gasteiger partial charge in [-0.05, 0) is 69.4 Å². The average molecular weight is 394 g/mol. The molecular formula is C24H31N3O2. The van der Waals surface area contributed by atoms with E-state index in [1.807, 2.05) is 55.1 Å². The van der Waals surface area contributed by atoms with Crippen molar-refractivity contribution in [2.24, 2.45) is 0 Å². The number of amides is 2. The van der Waals surface area contributed by atoms with Gasteiger partial charge in [-0.1, -0.05) is 29.8 Å². The van der Waals surface area contributed by atoms with Crippen molar-refractivity contribution in [3.05, 3.63) is 64.7 Å². The van der Waals surface area contributed by atoms with Crippen molar-refractivity contribution in [2.45, 2.75) is 52.6 Å². The predicted octanol–water partition coefficient (Wildman–Crippen LogP) is 4.05. The normalized spacial score (nSPS) is 16.4. The Morgan fingerprint density at radius 2 is 1.93 bits per heavy atom. The maximum Gasteiger partial charge on any atom is 0.254 e. The minimum Gasteiger partial charge on any atom is -0.376 e. The maximum atomic E-state index is 12.8. The molecule has 0 saturated carbocycles. The Labute approximate surface area is 173 Å². The van der Waals surface area contributed by atoms with Gasteiger partial charge in [0.15, 0.2) is 0 Å². The summed E-state index contributed by atoms with van der Waals surface area (Å²) in [6.07, 6.45) is 3.34. The molecule has 0 aliphatic carbocycles. The molecule has 0 radical (unpaired) electrons. The Kier molecular flexibility index (Phi) is 6.91. The van der Waals surface area contributed by atoms with Gasteiger partial charge in [0.25, 0.3) is 5.91 Å². The van der Waals surface area contributed by atoms with Crippen molar-refractivity contribution < 1.29 is 9.59 Å². The SMILES string of the molecule is Cc1cccc(CNC(=O)CNc2ccc(C(=O)N3CCCCC3C)cc2C)c1. The largest absolute Gasteiger partial charge is 0.376 e. The fourth-order valence-corrected chi connectivity index (χ4v) is 3.82. The third-order valence-electron chi connectivity index (χ3n) is 5.55. The minimum atomic E-state index is -0.0619. The molecule has 5 heteroatoms. The van der Waals surface area contributed by atoms with Gasteiger partial charge in [0.05, 0.1) is 6.54 Å². The van der Waals surface area contributed by atoms with Crippen molar-refractivity contribution in [1.29, 1.82) is 0 Å². The molecular weight excluding hydrogens is 362 g/mol. The van der Waals surface area contributed by atoms with Gasteiger partial charge in [0.1, 0.15) is 0 Å². The number of carbonyl (C=O) groups is 2. The summed E-state index contributed by atoms with van der Waals surface area (Å²) in [5.74, 6) is 0.0379. The molecule has 1 aliphatic rings. The highest BCUT2D eigenvalue weighted by atomic mass is 16.2. The van der Waals surface area contributed by atoms with Gasteiger partial charge in [0, 0.05) is 30.4 Å². The third kappa shape index (κ3) is 5.59. The van der Waals surface area contributed by atoms with Crippen molar-refractivity contribution in [3.8, 4) is 0 Å². The van der Waals surface area contributed by atoms with Gasteiger partial charge in [0.2, 0.25) is 5.91 Å². The summed E-state index contributed by atoms with van der Waals surface area (Å²) in [7, 11) is 0. The molecule has 1 aliphatic heterocycles. The lowest BCUT2D eigenvalue weighted by Gasteiger charge is -2.33. The number of benzene rings is 2. The van der Waals surface area contributed by atoms with Crippen molar-refractivity contribution >= 4 is 17.5 Å². The van der Waals surface area contributed by atoms with E-state index in [9.17, 15) is 9.59 Å². The number of nitrogens with one attached hydrogen (secondary N) is 2. The van der Waals surface area contributed by atoms with Crippen LogP contribution in [-0.2, 0) is 11.3 Å². The number of nitrogens with zero attached hydrogens (tertiary/aromatic N) is 1. The monoisotopic (exact) mass is 393 g/mol. The van der Waals surface area contributed by atoms with Gasteiger partial charge in [-0.15, -0.1) is 0 Å². The molecule has 1 saturated heterocycles. The van der Waals surface area contributed by atoms with E-state index in [0.29, 0.717) is 18.2 Å². The quantitative estimate of drug-likeness (QED) is 0.778. The van der Waals surface area contributed by atoms with Crippen LogP contribution in [0.2, 0.25) is 0 Å². The highest BCUT2D eigenvalue weighted by molar-refractivity contribution is 5.95. The molecule has 1 unspecified atom stereocenters. The van der Waals surface area contributed by atoms with E-state index in [1.165, 1.54) is 12.0 Å². The Bertz CT molecular complexity index is 878. The fraction of sp³-hybridized carbons (Fsp3) is 0.417. The van der Waals surface area contributed by atoms with Crippen LogP contribution in [0.3, 0.4) is 0 Å². The number of carbonyl (C=O) groups excluding carboxylic acids is 2. The molecule has 2 aromatic rings. The second kappa shape index (κ2) is 9.59. The van der Waals surface area contributed by atoms with E-state index in [-0.39, 0.29) is 18.4 Å². The van der Waals surface area contributed by atoms with E-state index in [0.717, 1.165) is 36.2 Å². The highest BCUT2D eigenvalue weighted by Gasteiger charge is 2.24. The van der Waals surface area contributed by atoms with Gasteiger partial charge in [-0.3, -0.25) is 9.59 Å². The molecule has 1 heterocycles. The summed E-state index contributed by atoms with van der Waals surface area (Å²) < 4.78 is 0. The Hall–Kier alpha value is -2.82. The van der Waals surface area contributed by atoms with Crippen LogP contribution in [0.5, 0.6) is 0 Å². The number of hydrogen-bond donors (Lipinski definition) is 2. The molecule has 1 atom stereocenters. The minimum absolute atomic E-state index is 0.0619. The summed E-state index contributed by atoms with van der Waals surface area (Å²) >= 11 is 0. The lowest BCUT2D eigenvalue weighted by Crippen LogP contribution is -2.42. The van der Waals surface area contributed by atoms with Crippen molar-refractivity contribution in [1.82, 2.24) is 10.2 Å². The second-order valence-electron chi connectivity index (χ2n) is 7.99. The molecule has 2 amide bonds. The zero-order chi connectivity index (χ0) is 20.8. The first-order chi connectivity index (χ1) is 13.9. The summed E-state index contributed by atoms with van der Waals surface area (Å²) in [6, 6.07) is 14.1. The molecule has 0 bridgehead atoms. The molecule has 0 aromatic heterocycles. The van der Waals surface area contributed by atoms with Crippen LogP contribution >= 0.6 is 0 Å². The van der Waals surface area contributed by atoms with Crippen LogP contribution in [-0.4, -0.2) is 35.8 Å². The zero-order valence-corrected chi connectivity index (χ0v) is 17.6. The summed E-state index contributed by atoms with van der Waals surface area (Å²) in [5.41, 5.74) is 4.82. The molecule has 2 N–H and O–H groups in total. The Balaban J connectivity index is 1.53. The van der Waals surface area contributed by atoms with E-state index in [4.69, 9.17) is 0 Å². The van der Waals surface area contributed by atoms with Crippen LogP contribution in [0.1, 0.15) is 53.2 Å². The smallest absolute Gasteiger partial charge is 0.254 e. The molecule has 1 fully saturated rings. The van der Waals surface area contributed by atoms with Gasteiger partial charge >= 0.3 is 0 Å². The number of likely N-dealkylation sites (tertiary alicyclic amines) is 1. The molecule has 154 valence electrons. The number of piperidine rings is 1. The van der Waals surface area contributed by atoms with Crippen LogP contribution in [0.25, 0.3) is 0 Å². The van der Waals surface area contributed by atoms with Crippen LogP contribution in [0.4, 0.5) is 5.69 Å². The first-order valence-electron chi connectivity index (χ1n) is 10.4. The lowest BCUT2D eigenvalue weighted by molar-refractivity contribution is -0.119. The van der Waals surface area contributed by atoms with E-state index < -0.39 is 0 Å². The van der Waals surface area contributed by atoms with Gasteiger partial charge in [-0.2, -0.15) is 0 Å². The molecule has 3 rings (SSSR count). The van der Waals surface area contributed by atoms with Crippen LogP contribution in [0.15, 0.2) is 42.5 Å². The lowest BCUT2D eigenvalue weighted by atomic mass is 10.0. The topological polar surface area (TPSA) is 61.4 Å². The van der Waals surface area contributed by atoms with Crippen LogP contribution < -0.4 is 10.6 Å².